The largest absolute Gasteiger partial charge is 0.480 e. The van der Waals surface area contributed by atoms with Gasteiger partial charge in [-0.15, -0.1) is 0 Å². The standard InChI is InChI=1S/C26H27F3N6O/c1-4-34-14-21(26(27,28)29)33-24(34)18-9-10-19(16(2)35-12-6-11-32-35)20(13-18)22-23(17-7-5-8-17)30-15-31-25(22)36-3/h6,9-17H,4-5,7-8H2,1-3H3. The van der Waals surface area contributed by atoms with Gasteiger partial charge in [0.25, 0.3) is 0 Å². The van der Waals surface area contributed by atoms with Crippen molar-refractivity contribution in [3.05, 3.63) is 66.1 Å². The topological polar surface area (TPSA) is 70.7 Å². The lowest BCUT2D eigenvalue weighted by Crippen LogP contribution is -2.15. The Balaban J connectivity index is 1.75. The number of nitrogens with zero attached hydrogens (tertiary/aromatic N) is 6. The maximum atomic E-state index is 13.5. The van der Waals surface area contributed by atoms with Crippen LogP contribution >= 0.6 is 0 Å². The van der Waals surface area contributed by atoms with Crippen molar-refractivity contribution in [1.82, 2.24) is 29.3 Å². The van der Waals surface area contributed by atoms with Gasteiger partial charge in [-0.05, 0) is 49.9 Å². The maximum absolute atomic E-state index is 13.5. The van der Waals surface area contributed by atoms with E-state index in [9.17, 15) is 13.2 Å². The molecule has 0 saturated heterocycles. The van der Waals surface area contributed by atoms with Crippen molar-refractivity contribution in [2.24, 2.45) is 0 Å². The summed E-state index contributed by atoms with van der Waals surface area (Å²) in [5, 5.41) is 4.41. The summed E-state index contributed by atoms with van der Waals surface area (Å²) in [7, 11) is 1.57. The van der Waals surface area contributed by atoms with Crippen molar-refractivity contribution in [3.8, 4) is 28.4 Å². The van der Waals surface area contributed by atoms with E-state index in [1.165, 1.54) is 10.9 Å². The molecular formula is C26H27F3N6O. The molecule has 0 spiro atoms. The Bertz CT molecular complexity index is 1360. The van der Waals surface area contributed by atoms with Gasteiger partial charge in [0.05, 0.1) is 24.4 Å². The van der Waals surface area contributed by atoms with Crippen LogP contribution in [0.25, 0.3) is 22.5 Å². The Morgan fingerprint density at radius 3 is 2.61 bits per heavy atom. The zero-order chi connectivity index (χ0) is 25.4. The molecule has 1 aromatic carbocycles. The molecule has 3 aromatic heterocycles. The second-order valence-corrected chi connectivity index (χ2v) is 8.97. The number of benzene rings is 1. The molecule has 7 nitrogen and oxygen atoms in total. The fraction of sp³-hybridized carbons (Fsp3) is 0.385. The molecule has 1 unspecified atom stereocenters. The molecule has 0 N–H and O–H groups in total. The second-order valence-electron chi connectivity index (χ2n) is 8.97. The average molecular weight is 497 g/mol. The highest BCUT2D eigenvalue weighted by Gasteiger charge is 2.35. The van der Waals surface area contributed by atoms with Crippen molar-refractivity contribution >= 4 is 0 Å². The molecule has 0 amide bonds. The van der Waals surface area contributed by atoms with Crippen LogP contribution in [0.1, 0.15) is 62.0 Å². The lowest BCUT2D eigenvalue weighted by molar-refractivity contribution is -0.140. The first-order chi connectivity index (χ1) is 17.3. The van der Waals surface area contributed by atoms with Crippen LogP contribution in [0.5, 0.6) is 5.88 Å². The van der Waals surface area contributed by atoms with Crippen molar-refractivity contribution in [3.63, 3.8) is 0 Å². The molecule has 1 fully saturated rings. The molecule has 0 aliphatic heterocycles. The predicted octanol–water partition coefficient (Wildman–Crippen LogP) is 6.13. The summed E-state index contributed by atoms with van der Waals surface area (Å²) < 4.78 is 49.5. The summed E-state index contributed by atoms with van der Waals surface area (Å²) >= 11 is 0. The molecule has 10 heteroatoms. The van der Waals surface area contributed by atoms with Crippen molar-refractivity contribution in [1.29, 1.82) is 0 Å². The highest BCUT2D eigenvalue weighted by molar-refractivity contribution is 5.79. The Hall–Kier alpha value is -3.69. The molecular weight excluding hydrogens is 469 g/mol. The molecule has 36 heavy (non-hydrogen) atoms. The third-order valence-corrected chi connectivity index (χ3v) is 6.89. The van der Waals surface area contributed by atoms with Gasteiger partial charge in [0.15, 0.2) is 5.69 Å². The van der Waals surface area contributed by atoms with E-state index in [4.69, 9.17) is 4.74 Å². The van der Waals surface area contributed by atoms with E-state index >= 15 is 0 Å². The van der Waals surface area contributed by atoms with Gasteiger partial charge in [-0.3, -0.25) is 4.68 Å². The molecule has 188 valence electrons. The van der Waals surface area contributed by atoms with E-state index in [0.717, 1.165) is 47.8 Å². The normalized spacial score (nSPS) is 15.1. The highest BCUT2D eigenvalue weighted by atomic mass is 19.4. The van der Waals surface area contributed by atoms with E-state index in [1.807, 2.05) is 42.1 Å². The molecule has 3 heterocycles. The Morgan fingerprint density at radius 2 is 2.00 bits per heavy atom. The molecule has 1 aliphatic carbocycles. The summed E-state index contributed by atoms with van der Waals surface area (Å²) in [6, 6.07) is 7.32. The SMILES string of the molecule is CCn1cc(C(F)(F)F)nc1-c1ccc(C(C)n2cccn2)c(-c2c(OC)ncnc2C2CCC2)c1. The number of aryl methyl sites for hydroxylation is 1. The third-order valence-electron chi connectivity index (χ3n) is 6.89. The van der Waals surface area contributed by atoms with Crippen LogP contribution in [-0.4, -0.2) is 36.4 Å². The van der Waals surface area contributed by atoms with Gasteiger partial charge in [0.2, 0.25) is 5.88 Å². The zero-order valence-electron chi connectivity index (χ0n) is 20.3. The molecule has 1 atom stereocenters. The van der Waals surface area contributed by atoms with Crippen LogP contribution in [0.3, 0.4) is 0 Å². The fourth-order valence-electron chi connectivity index (χ4n) is 4.73. The molecule has 5 rings (SSSR count). The van der Waals surface area contributed by atoms with Crippen LogP contribution in [0.15, 0.2) is 49.2 Å². The summed E-state index contributed by atoms with van der Waals surface area (Å²) in [5.41, 5.74) is 3.06. The number of imidazole rings is 1. The number of alkyl halides is 3. The minimum atomic E-state index is -4.53. The second kappa shape index (κ2) is 9.40. The first-order valence-electron chi connectivity index (χ1n) is 12.0. The summed E-state index contributed by atoms with van der Waals surface area (Å²) in [6.07, 6.45) is 4.80. The van der Waals surface area contributed by atoms with Crippen LogP contribution in [0.2, 0.25) is 0 Å². The van der Waals surface area contributed by atoms with Gasteiger partial charge in [0, 0.05) is 36.6 Å². The number of aromatic nitrogens is 6. The minimum absolute atomic E-state index is 0.153. The zero-order valence-corrected chi connectivity index (χ0v) is 20.3. The van der Waals surface area contributed by atoms with E-state index in [0.29, 0.717) is 18.0 Å². The van der Waals surface area contributed by atoms with Crippen molar-refractivity contribution in [2.45, 2.75) is 57.8 Å². The van der Waals surface area contributed by atoms with E-state index < -0.39 is 11.9 Å². The molecule has 1 aliphatic rings. The van der Waals surface area contributed by atoms with Gasteiger partial charge in [0.1, 0.15) is 12.2 Å². The van der Waals surface area contributed by atoms with Crippen LogP contribution in [0, 0.1) is 0 Å². The quantitative estimate of drug-likeness (QED) is 0.308. The number of hydrogen-bond acceptors (Lipinski definition) is 5. The average Bonchev–Trinajstić information content (AvgIpc) is 3.52. The molecule has 0 bridgehead atoms. The van der Waals surface area contributed by atoms with Crippen molar-refractivity contribution < 1.29 is 17.9 Å². The van der Waals surface area contributed by atoms with E-state index in [1.54, 1.807) is 20.2 Å². The smallest absolute Gasteiger partial charge is 0.434 e. The fourth-order valence-corrected chi connectivity index (χ4v) is 4.73. The number of methoxy groups -OCH3 is 1. The number of halogens is 3. The summed E-state index contributed by atoms with van der Waals surface area (Å²) in [5.74, 6) is 0.973. The Labute approximate surface area is 207 Å². The Morgan fingerprint density at radius 1 is 1.19 bits per heavy atom. The number of rotatable bonds is 7. The van der Waals surface area contributed by atoms with E-state index in [2.05, 4.69) is 20.1 Å². The highest BCUT2D eigenvalue weighted by Crippen LogP contribution is 2.45. The first kappa shape index (κ1) is 24.0. The Kier molecular flexibility index (Phi) is 6.27. The van der Waals surface area contributed by atoms with Gasteiger partial charge in [-0.1, -0.05) is 18.6 Å². The van der Waals surface area contributed by atoms with Crippen LogP contribution in [0.4, 0.5) is 13.2 Å². The third kappa shape index (κ3) is 4.25. The number of ether oxygens (including phenoxy) is 1. The maximum Gasteiger partial charge on any atom is 0.434 e. The molecule has 0 radical (unpaired) electrons. The van der Waals surface area contributed by atoms with Gasteiger partial charge >= 0.3 is 6.18 Å². The van der Waals surface area contributed by atoms with E-state index in [-0.39, 0.29) is 17.8 Å². The minimum Gasteiger partial charge on any atom is -0.480 e. The van der Waals surface area contributed by atoms with Crippen molar-refractivity contribution in [2.75, 3.05) is 7.11 Å². The lowest BCUT2D eigenvalue weighted by atomic mass is 9.79. The van der Waals surface area contributed by atoms with Crippen LogP contribution in [-0.2, 0) is 12.7 Å². The van der Waals surface area contributed by atoms with Crippen LogP contribution < -0.4 is 4.74 Å². The molecule has 1 saturated carbocycles. The summed E-state index contributed by atoms with van der Waals surface area (Å²) in [4.78, 5) is 13.0. The van der Waals surface area contributed by atoms with Gasteiger partial charge in [-0.2, -0.15) is 18.3 Å². The van der Waals surface area contributed by atoms with Gasteiger partial charge in [-0.25, -0.2) is 15.0 Å². The van der Waals surface area contributed by atoms with Gasteiger partial charge < -0.3 is 9.30 Å². The monoisotopic (exact) mass is 496 g/mol. The summed E-state index contributed by atoms with van der Waals surface area (Å²) in [6.45, 7) is 4.17. The molecule has 4 aromatic rings. The first-order valence-corrected chi connectivity index (χ1v) is 12.0. The predicted molar refractivity (Wildman–Crippen MR) is 129 cm³/mol. The lowest BCUT2D eigenvalue weighted by Gasteiger charge is -2.28. The number of hydrogen-bond donors (Lipinski definition) is 0.